The smallest absolute Gasteiger partial charge is 1.00 e. The first kappa shape index (κ1) is 19.8. The summed E-state index contributed by atoms with van der Waals surface area (Å²) in [6.07, 6.45) is 2.55. The third-order valence-corrected chi connectivity index (χ3v) is 8.69. The van der Waals surface area contributed by atoms with Gasteiger partial charge in [-0.25, -0.2) is 0 Å². The Morgan fingerprint density at radius 3 is 1.11 bits per heavy atom. The molecule has 2 rings (SSSR count). The third-order valence-electron chi connectivity index (χ3n) is 4.50. The summed E-state index contributed by atoms with van der Waals surface area (Å²) in [4.78, 5) is 0. The van der Waals surface area contributed by atoms with Crippen molar-refractivity contribution in [3.05, 3.63) is 40.0 Å². The first-order chi connectivity index (χ1) is 7.91. The maximum atomic E-state index is 2.33. The molecule has 0 radical (unpaired) electrons. The molecule has 0 bridgehead atoms. The quantitative estimate of drug-likeness (QED) is 0.497. The second-order valence-electron chi connectivity index (χ2n) is 5.50. The minimum Gasteiger partial charge on any atom is -1.00 e. The predicted molar refractivity (Wildman–Crippen MR) is 71.4 cm³/mol. The molecule has 0 spiro atoms. The molecule has 0 N–H and O–H groups in total. The maximum Gasteiger partial charge on any atom is -1.00 e. The Morgan fingerprint density at radius 1 is 0.579 bits per heavy atom. The van der Waals surface area contributed by atoms with Crippen molar-refractivity contribution in [2.45, 2.75) is 54.4 Å². The van der Waals surface area contributed by atoms with Crippen LogP contribution in [0.1, 0.15) is 54.4 Å². The van der Waals surface area contributed by atoms with Crippen LogP contribution in [-0.2, 0) is 23.2 Å². The SMILES string of the molecule is CC1=C(C)C(C)=[C]([Zr+2][C]2=C(C)C(C)=C(C)C2)C1.[Br-].[Br-]. The number of hydrogen-bond acceptors (Lipinski definition) is 0. The van der Waals surface area contributed by atoms with E-state index in [4.69, 9.17) is 0 Å². The summed E-state index contributed by atoms with van der Waals surface area (Å²) in [6.45, 7) is 13.9. The average Bonchev–Trinajstić information content (AvgIpc) is 2.66. The summed E-state index contributed by atoms with van der Waals surface area (Å²) in [5, 5.41) is 0. The number of rotatable bonds is 2. The van der Waals surface area contributed by atoms with Crippen LogP contribution in [0.3, 0.4) is 0 Å². The summed E-state index contributed by atoms with van der Waals surface area (Å²) in [6, 6.07) is 0. The van der Waals surface area contributed by atoms with Crippen LogP contribution in [0.2, 0.25) is 0 Å². The Balaban J connectivity index is 0.00000162. The summed E-state index contributed by atoms with van der Waals surface area (Å²) >= 11 is -0.491. The van der Waals surface area contributed by atoms with Gasteiger partial charge in [0.25, 0.3) is 0 Å². The minimum atomic E-state index is -0.491. The number of allylic oxidation sites excluding steroid dienone is 8. The molecule has 0 amide bonds. The molecule has 0 saturated heterocycles. The molecule has 0 saturated carbocycles. The molecule has 2 aliphatic rings. The van der Waals surface area contributed by atoms with Gasteiger partial charge in [-0.05, 0) is 0 Å². The van der Waals surface area contributed by atoms with Gasteiger partial charge >= 0.3 is 118 Å². The predicted octanol–water partition coefficient (Wildman–Crippen LogP) is -0.895. The monoisotopic (exact) mass is 462 g/mol. The van der Waals surface area contributed by atoms with Crippen molar-refractivity contribution in [2.75, 3.05) is 0 Å². The second-order valence-corrected chi connectivity index (χ2v) is 9.08. The van der Waals surface area contributed by atoms with Gasteiger partial charge in [0.05, 0.1) is 0 Å². The molecule has 2 aliphatic carbocycles. The van der Waals surface area contributed by atoms with E-state index in [2.05, 4.69) is 41.5 Å². The van der Waals surface area contributed by atoms with Crippen molar-refractivity contribution in [1.82, 2.24) is 0 Å². The average molecular weight is 465 g/mol. The zero-order valence-electron chi connectivity index (χ0n) is 12.7. The fourth-order valence-electron chi connectivity index (χ4n) is 2.61. The Morgan fingerprint density at radius 2 is 0.895 bits per heavy atom. The van der Waals surface area contributed by atoms with Crippen LogP contribution in [0, 0.1) is 0 Å². The number of hydrogen-bond donors (Lipinski definition) is 0. The van der Waals surface area contributed by atoms with Crippen LogP contribution in [0.5, 0.6) is 0 Å². The van der Waals surface area contributed by atoms with Crippen molar-refractivity contribution in [2.24, 2.45) is 0 Å². The van der Waals surface area contributed by atoms with E-state index in [-0.39, 0.29) is 34.0 Å². The van der Waals surface area contributed by atoms with E-state index >= 15 is 0 Å². The standard InChI is InChI=1S/2C8H11.2BrH.Zr/c2*1-6-4-5-7(2)8(6)3;;;/h2*4H2,1-3H3;2*1H;/q;;;;+2/p-2. The fourth-order valence-corrected chi connectivity index (χ4v) is 7.09. The van der Waals surface area contributed by atoms with Crippen molar-refractivity contribution in [1.29, 1.82) is 0 Å². The van der Waals surface area contributed by atoms with E-state index in [1.54, 1.807) is 33.4 Å². The molecule has 104 valence electrons. The summed E-state index contributed by atoms with van der Waals surface area (Å²) in [5.74, 6) is 0. The van der Waals surface area contributed by atoms with Gasteiger partial charge in [-0.1, -0.05) is 0 Å². The zero-order valence-corrected chi connectivity index (χ0v) is 18.3. The topological polar surface area (TPSA) is 0 Å². The van der Waals surface area contributed by atoms with Gasteiger partial charge in [-0.15, -0.1) is 0 Å². The van der Waals surface area contributed by atoms with Gasteiger partial charge in [0, 0.05) is 0 Å². The van der Waals surface area contributed by atoms with Crippen molar-refractivity contribution < 1.29 is 57.2 Å². The molecule has 3 heteroatoms. The summed E-state index contributed by atoms with van der Waals surface area (Å²) in [7, 11) is 0. The van der Waals surface area contributed by atoms with Crippen molar-refractivity contribution >= 4 is 0 Å². The summed E-state index contributed by atoms with van der Waals surface area (Å²) < 4.78 is 3.64. The molecular formula is C16H22Br2Zr. The fraction of sp³-hybridized carbons (Fsp3) is 0.500. The third kappa shape index (κ3) is 3.92. The van der Waals surface area contributed by atoms with Gasteiger partial charge in [0.15, 0.2) is 0 Å². The van der Waals surface area contributed by atoms with Crippen LogP contribution < -0.4 is 34.0 Å². The summed E-state index contributed by atoms with van der Waals surface area (Å²) in [5.41, 5.74) is 9.59. The second kappa shape index (κ2) is 7.71. The Labute approximate surface area is 150 Å². The van der Waals surface area contributed by atoms with Crippen LogP contribution in [0.15, 0.2) is 40.0 Å². The van der Waals surface area contributed by atoms with Crippen LogP contribution >= 0.6 is 0 Å². The van der Waals surface area contributed by atoms with Crippen molar-refractivity contribution in [3.8, 4) is 0 Å². The van der Waals surface area contributed by atoms with Gasteiger partial charge in [0.1, 0.15) is 0 Å². The van der Waals surface area contributed by atoms with Crippen LogP contribution in [0.25, 0.3) is 0 Å². The molecule has 19 heavy (non-hydrogen) atoms. The van der Waals surface area contributed by atoms with E-state index in [1.807, 2.05) is 6.56 Å². The normalized spacial score (nSPS) is 18.8. The Bertz CT molecular complexity index is 459. The molecular weight excluding hydrogens is 443 g/mol. The van der Waals surface area contributed by atoms with Crippen molar-refractivity contribution in [3.63, 3.8) is 0 Å². The van der Waals surface area contributed by atoms with E-state index in [0.717, 1.165) is 0 Å². The molecule has 0 aromatic carbocycles. The zero-order chi connectivity index (χ0) is 12.7. The molecule has 0 aliphatic heterocycles. The van der Waals surface area contributed by atoms with Crippen LogP contribution in [-0.4, -0.2) is 0 Å². The first-order valence-corrected chi connectivity index (χ1v) is 8.87. The van der Waals surface area contributed by atoms with Gasteiger partial charge in [-0.2, -0.15) is 0 Å². The Hall–Kier alpha value is 0.803. The molecule has 0 aromatic rings. The van der Waals surface area contributed by atoms with E-state index in [9.17, 15) is 0 Å². The maximum absolute atomic E-state index is 2.33. The van der Waals surface area contributed by atoms with Crippen LogP contribution in [0.4, 0.5) is 0 Å². The van der Waals surface area contributed by atoms with Gasteiger partial charge < -0.3 is 34.0 Å². The first-order valence-electron chi connectivity index (χ1n) is 6.41. The molecule has 0 heterocycles. The molecule has 0 aromatic heterocycles. The largest absolute Gasteiger partial charge is 1.00 e. The minimum absolute atomic E-state index is 0. The van der Waals surface area contributed by atoms with Gasteiger partial charge in [-0.3, -0.25) is 0 Å². The Kier molecular flexibility index (Phi) is 8.04. The molecule has 0 nitrogen and oxygen atoms in total. The van der Waals surface area contributed by atoms with Gasteiger partial charge in [0.2, 0.25) is 0 Å². The van der Waals surface area contributed by atoms with E-state index < -0.39 is 23.2 Å². The molecule has 0 fully saturated rings. The molecule has 0 atom stereocenters. The molecule has 0 unspecified atom stereocenters. The number of halogens is 2. The van der Waals surface area contributed by atoms with E-state index in [1.165, 1.54) is 12.8 Å². The van der Waals surface area contributed by atoms with E-state index in [0.29, 0.717) is 0 Å².